The van der Waals surface area contributed by atoms with Crippen LogP contribution in [0.3, 0.4) is 0 Å². The van der Waals surface area contributed by atoms with E-state index in [0.717, 1.165) is 29.0 Å². The van der Waals surface area contributed by atoms with Crippen molar-refractivity contribution in [2.45, 2.75) is 25.9 Å². The monoisotopic (exact) mass is 348 g/mol. The molecule has 0 heterocycles. The maximum atomic E-state index is 11.3. The molecule has 0 aliphatic heterocycles. The lowest BCUT2D eigenvalue weighted by molar-refractivity contribution is -0.148. The van der Waals surface area contributed by atoms with E-state index in [9.17, 15) is 9.90 Å². The van der Waals surface area contributed by atoms with Crippen molar-refractivity contribution in [2.75, 3.05) is 13.2 Å². The average Bonchev–Trinajstić information content (AvgIpc) is 2.56. The number of ether oxygens (including phenoxy) is 2. The van der Waals surface area contributed by atoms with Gasteiger partial charge in [0.15, 0.2) is 0 Å². The van der Waals surface area contributed by atoms with Crippen molar-refractivity contribution in [2.24, 2.45) is 0 Å². The number of aliphatic carboxylic acids is 1. The molecule has 0 bridgehead atoms. The zero-order valence-electron chi connectivity index (χ0n) is 13.6. The largest absolute Gasteiger partial charge is 0.478 e. The molecular formula is C19H21ClO4. The van der Waals surface area contributed by atoms with Gasteiger partial charge in [-0.3, -0.25) is 0 Å². The van der Waals surface area contributed by atoms with Crippen LogP contribution < -0.4 is 4.74 Å². The Labute approximate surface area is 147 Å². The molecule has 5 heteroatoms. The van der Waals surface area contributed by atoms with E-state index in [4.69, 9.17) is 21.1 Å². The molecule has 0 aromatic heterocycles. The Morgan fingerprint density at radius 2 is 1.88 bits per heavy atom. The summed E-state index contributed by atoms with van der Waals surface area (Å²) < 4.78 is 10.9. The van der Waals surface area contributed by atoms with Gasteiger partial charge in [-0.15, -0.1) is 0 Å². The number of hydrogen-bond acceptors (Lipinski definition) is 3. The van der Waals surface area contributed by atoms with Crippen LogP contribution >= 0.6 is 11.6 Å². The van der Waals surface area contributed by atoms with E-state index < -0.39 is 12.1 Å². The zero-order valence-corrected chi connectivity index (χ0v) is 14.3. The Kier molecular flexibility index (Phi) is 7.09. The molecule has 2 rings (SSSR count). The quantitative estimate of drug-likeness (QED) is 0.692. The first-order valence-corrected chi connectivity index (χ1v) is 8.21. The minimum Gasteiger partial charge on any atom is -0.478 e. The normalized spacial score (nSPS) is 11.9. The molecule has 2 aromatic rings. The number of rotatable bonds is 9. The van der Waals surface area contributed by atoms with E-state index in [1.165, 1.54) is 0 Å². The van der Waals surface area contributed by atoms with Gasteiger partial charge in [-0.1, -0.05) is 47.5 Å². The molecule has 0 radical (unpaired) electrons. The first-order chi connectivity index (χ1) is 11.6. The summed E-state index contributed by atoms with van der Waals surface area (Å²) >= 11 is 6.09. The molecule has 0 spiro atoms. The molecular weight excluding hydrogens is 328 g/mol. The number of benzene rings is 2. The first-order valence-electron chi connectivity index (χ1n) is 7.83. The SMILES string of the molecule is Cc1ccc(OC(COCCCc2ccccc2Cl)C(=O)O)cc1. The Morgan fingerprint density at radius 3 is 2.54 bits per heavy atom. The van der Waals surface area contributed by atoms with E-state index in [1.54, 1.807) is 12.1 Å². The molecule has 1 N–H and O–H groups in total. The van der Waals surface area contributed by atoms with E-state index in [-0.39, 0.29) is 6.61 Å². The van der Waals surface area contributed by atoms with Crippen LogP contribution in [0.4, 0.5) is 0 Å². The third kappa shape index (κ3) is 5.87. The number of carboxylic acid groups (broad SMARTS) is 1. The lowest BCUT2D eigenvalue weighted by Crippen LogP contribution is -2.32. The van der Waals surface area contributed by atoms with Crippen LogP contribution in [0.1, 0.15) is 17.5 Å². The van der Waals surface area contributed by atoms with E-state index >= 15 is 0 Å². The highest BCUT2D eigenvalue weighted by atomic mass is 35.5. The fraction of sp³-hybridized carbons (Fsp3) is 0.316. The summed E-state index contributed by atoms with van der Waals surface area (Å²) in [6, 6.07) is 14.9. The van der Waals surface area contributed by atoms with Gasteiger partial charge in [0.05, 0.1) is 6.61 Å². The second-order valence-electron chi connectivity index (χ2n) is 5.53. The molecule has 0 fully saturated rings. The van der Waals surface area contributed by atoms with Crippen molar-refractivity contribution in [1.29, 1.82) is 0 Å². The van der Waals surface area contributed by atoms with Gasteiger partial charge >= 0.3 is 5.97 Å². The summed E-state index contributed by atoms with van der Waals surface area (Å²) in [4.78, 5) is 11.3. The molecule has 0 aliphatic rings. The molecule has 0 aliphatic carbocycles. The standard InChI is InChI=1S/C19H21ClO4/c1-14-8-10-16(11-9-14)24-18(19(21)22)13-23-12-4-6-15-5-2-3-7-17(15)20/h2-3,5,7-11,18H,4,6,12-13H2,1H3,(H,21,22). The maximum Gasteiger partial charge on any atom is 0.347 e. The van der Waals surface area contributed by atoms with Gasteiger partial charge in [0.2, 0.25) is 6.10 Å². The lowest BCUT2D eigenvalue weighted by Gasteiger charge is -2.15. The second kappa shape index (κ2) is 9.30. The van der Waals surface area contributed by atoms with Gasteiger partial charge in [-0.05, 0) is 43.5 Å². The van der Waals surface area contributed by atoms with Crippen LogP contribution in [0, 0.1) is 6.92 Å². The van der Waals surface area contributed by atoms with E-state index in [2.05, 4.69) is 0 Å². The fourth-order valence-corrected chi connectivity index (χ4v) is 2.42. The van der Waals surface area contributed by atoms with E-state index in [1.807, 2.05) is 43.3 Å². The first kappa shape index (κ1) is 18.3. The summed E-state index contributed by atoms with van der Waals surface area (Å²) in [5, 5.41) is 9.98. The molecule has 0 saturated heterocycles. The van der Waals surface area contributed by atoms with Crippen LogP contribution in [0.25, 0.3) is 0 Å². The molecule has 4 nitrogen and oxygen atoms in total. The molecule has 128 valence electrons. The highest BCUT2D eigenvalue weighted by Gasteiger charge is 2.19. The Balaban J connectivity index is 1.74. The summed E-state index contributed by atoms with van der Waals surface area (Å²) in [5.74, 6) is -0.519. The number of aryl methyl sites for hydroxylation is 2. The maximum absolute atomic E-state index is 11.3. The van der Waals surface area contributed by atoms with Gasteiger partial charge in [-0.25, -0.2) is 4.79 Å². The number of halogens is 1. The van der Waals surface area contributed by atoms with Crippen molar-refractivity contribution in [1.82, 2.24) is 0 Å². The van der Waals surface area contributed by atoms with Crippen molar-refractivity contribution in [3.8, 4) is 5.75 Å². The predicted molar refractivity (Wildman–Crippen MR) is 93.8 cm³/mol. The summed E-state index contributed by atoms with van der Waals surface area (Å²) in [5.41, 5.74) is 2.15. The summed E-state index contributed by atoms with van der Waals surface area (Å²) in [7, 11) is 0. The van der Waals surface area contributed by atoms with Gasteiger partial charge in [-0.2, -0.15) is 0 Å². The number of hydrogen-bond donors (Lipinski definition) is 1. The van der Waals surface area contributed by atoms with Gasteiger partial charge in [0.1, 0.15) is 5.75 Å². The molecule has 2 aromatic carbocycles. The average molecular weight is 349 g/mol. The highest BCUT2D eigenvalue weighted by molar-refractivity contribution is 6.31. The number of carbonyl (C=O) groups is 1. The van der Waals surface area contributed by atoms with Gasteiger partial charge < -0.3 is 14.6 Å². The zero-order chi connectivity index (χ0) is 17.4. The Hall–Kier alpha value is -2.04. The molecule has 24 heavy (non-hydrogen) atoms. The van der Waals surface area contributed by atoms with Crippen molar-refractivity contribution in [3.63, 3.8) is 0 Å². The Morgan fingerprint density at radius 1 is 1.17 bits per heavy atom. The highest BCUT2D eigenvalue weighted by Crippen LogP contribution is 2.17. The third-order valence-corrected chi connectivity index (χ3v) is 3.91. The summed E-state index contributed by atoms with van der Waals surface area (Å²) in [6.45, 7) is 2.42. The molecule has 1 atom stereocenters. The fourth-order valence-electron chi connectivity index (χ4n) is 2.19. The minimum atomic E-state index is -1.04. The van der Waals surface area contributed by atoms with Crippen LogP contribution in [0.2, 0.25) is 5.02 Å². The van der Waals surface area contributed by atoms with Crippen molar-refractivity contribution < 1.29 is 19.4 Å². The molecule has 0 amide bonds. The Bertz CT molecular complexity index is 655. The molecule has 1 unspecified atom stereocenters. The smallest absolute Gasteiger partial charge is 0.347 e. The van der Waals surface area contributed by atoms with Gasteiger partial charge in [0, 0.05) is 11.6 Å². The third-order valence-electron chi connectivity index (χ3n) is 3.54. The van der Waals surface area contributed by atoms with Crippen molar-refractivity contribution in [3.05, 3.63) is 64.7 Å². The lowest BCUT2D eigenvalue weighted by atomic mass is 10.1. The van der Waals surface area contributed by atoms with Crippen LogP contribution in [-0.2, 0) is 16.0 Å². The second-order valence-corrected chi connectivity index (χ2v) is 5.93. The van der Waals surface area contributed by atoms with Crippen LogP contribution in [0.5, 0.6) is 5.75 Å². The van der Waals surface area contributed by atoms with Crippen LogP contribution in [0.15, 0.2) is 48.5 Å². The molecule has 0 saturated carbocycles. The van der Waals surface area contributed by atoms with Crippen molar-refractivity contribution >= 4 is 17.6 Å². The topological polar surface area (TPSA) is 55.8 Å². The predicted octanol–water partition coefficient (Wildman–Crippen LogP) is 4.13. The summed E-state index contributed by atoms with van der Waals surface area (Å²) in [6.07, 6.45) is 0.532. The van der Waals surface area contributed by atoms with Crippen LogP contribution in [-0.4, -0.2) is 30.4 Å². The number of carboxylic acids is 1. The minimum absolute atomic E-state index is 0.00569. The van der Waals surface area contributed by atoms with Gasteiger partial charge in [0.25, 0.3) is 0 Å². The van der Waals surface area contributed by atoms with E-state index in [0.29, 0.717) is 12.4 Å².